The lowest BCUT2D eigenvalue weighted by Gasteiger charge is -2.08. The van der Waals surface area contributed by atoms with Gasteiger partial charge in [0, 0.05) is 25.7 Å². The molecule has 1 N–H and O–H groups in total. The number of urea groups is 1. The standard InChI is InChI=1S/C6H9N3OS.ClH/c1-9(2)6(10)8-5-7-3-4-11-5;/h3-4H,1-2H3,(H,7,8,10);1H. The molecule has 1 aromatic heterocycles. The molecular formula is C6H10ClN3OS. The van der Waals surface area contributed by atoms with Crippen LogP contribution in [0.5, 0.6) is 0 Å². The Morgan fingerprint density at radius 1 is 1.67 bits per heavy atom. The van der Waals surface area contributed by atoms with Gasteiger partial charge in [-0.25, -0.2) is 9.78 Å². The molecule has 2 amide bonds. The Kier molecular flexibility index (Phi) is 4.61. The molecule has 0 aromatic carbocycles. The molecule has 1 heterocycles. The van der Waals surface area contributed by atoms with Crippen LogP contribution in [0.25, 0.3) is 0 Å². The molecule has 0 aliphatic rings. The molecular weight excluding hydrogens is 198 g/mol. The molecule has 0 atom stereocenters. The molecule has 1 aromatic rings. The fourth-order valence-electron chi connectivity index (χ4n) is 0.488. The second-order valence-corrected chi connectivity index (χ2v) is 3.06. The lowest BCUT2D eigenvalue weighted by molar-refractivity contribution is 0.230. The van der Waals surface area contributed by atoms with Gasteiger partial charge in [0.15, 0.2) is 5.13 Å². The van der Waals surface area contributed by atoms with Gasteiger partial charge in [-0.1, -0.05) is 0 Å². The summed E-state index contributed by atoms with van der Waals surface area (Å²) in [4.78, 5) is 16.3. The normalized spacial score (nSPS) is 8.50. The molecule has 68 valence electrons. The third kappa shape index (κ3) is 3.06. The van der Waals surface area contributed by atoms with Crippen LogP contribution in [0.1, 0.15) is 0 Å². The molecule has 0 bridgehead atoms. The van der Waals surface area contributed by atoms with Crippen molar-refractivity contribution in [2.24, 2.45) is 0 Å². The molecule has 6 heteroatoms. The Labute approximate surface area is 81.0 Å². The van der Waals surface area contributed by atoms with Crippen molar-refractivity contribution in [3.63, 3.8) is 0 Å². The predicted molar refractivity (Wildman–Crippen MR) is 52.1 cm³/mol. The predicted octanol–water partition coefficient (Wildman–Crippen LogP) is 1.66. The van der Waals surface area contributed by atoms with Gasteiger partial charge >= 0.3 is 6.03 Å². The number of rotatable bonds is 1. The van der Waals surface area contributed by atoms with Crippen molar-refractivity contribution in [2.75, 3.05) is 19.4 Å². The number of amides is 2. The van der Waals surface area contributed by atoms with Gasteiger partial charge < -0.3 is 4.90 Å². The van der Waals surface area contributed by atoms with E-state index in [1.807, 2.05) is 5.38 Å². The number of thiazole rings is 1. The highest BCUT2D eigenvalue weighted by atomic mass is 35.5. The molecule has 0 spiro atoms. The largest absolute Gasteiger partial charge is 0.331 e. The first kappa shape index (κ1) is 11.2. The van der Waals surface area contributed by atoms with E-state index in [1.54, 1.807) is 20.3 Å². The second-order valence-electron chi connectivity index (χ2n) is 2.16. The summed E-state index contributed by atoms with van der Waals surface area (Å²) in [6.45, 7) is 0. The zero-order chi connectivity index (χ0) is 8.27. The van der Waals surface area contributed by atoms with Crippen molar-refractivity contribution >= 4 is 34.9 Å². The zero-order valence-electron chi connectivity index (χ0n) is 6.77. The van der Waals surface area contributed by atoms with Crippen LogP contribution in [0.15, 0.2) is 11.6 Å². The molecule has 12 heavy (non-hydrogen) atoms. The maximum absolute atomic E-state index is 11.0. The fourth-order valence-corrected chi connectivity index (χ4v) is 1.01. The van der Waals surface area contributed by atoms with Crippen LogP contribution in [-0.2, 0) is 0 Å². The van der Waals surface area contributed by atoms with Crippen LogP contribution in [0.4, 0.5) is 9.93 Å². The molecule has 0 fully saturated rings. The Balaban J connectivity index is 0.00000121. The molecule has 0 saturated carbocycles. The third-order valence-corrected chi connectivity index (χ3v) is 1.74. The topological polar surface area (TPSA) is 45.2 Å². The van der Waals surface area contributed by atoms with Gasteiger partial charge in [-0.05, 0) is 0 Å². The summed E-state index contributed by atoms with van der Waals surface area (Å²) >= 11 is 1.40. The van der Waals surface area contributed by atoms with Gasteiger partial charge in [-0.15, -0.1) is 23.7 Å². The van der Waals surface area contributed by atoms with Gasteiger partial charge in [-0.2, -0.15) is 0 Å². The van der Waals surface area contributed by atoms with Gasteiger partial charge in [0.25, 0.3) is 0 Å². The number of anilines is 1. The van der Waals surface area contributed by atoms with Crippen molar-refractivity contribution in [2.45, 2.75) is 0 Å². The van der Waals surface area contributed by atoms with E-state index >= 15 is 0 Å². The minimum atomic E-state index is -0.153. The SMILES string of the molecule is CN(C)C(=O)Nc1nccs1.Cl. The first-order valence-electron chi connectivity index (χ1n) is 3.08. The maximum Gasteiger partial charge on any atom is 0.323 e. The van der Waals surface area contributed by atoms with Gasteiger partial charge in [-0.3, -0.25) is 5.32 Å². The van der Waals surface area contributed by atoms with Crippen LogP contribution in [0, 0.1) is 0 Å². The van der Waals surface area contributed by atoms with Crippen molar-refractivity contribution in [1.82, 2.24) is 9.88 Å². The average molecular weight is 208 g/mol. The number of nitrogens with zero attached hydrogens (tertiary/aromatic N) is 2. The molecule has 0 radical (unpaired) electrons. The highest BCUT2D eigenvalue weighted by Crippen LogP contribution is 2.09. The number of carbonyl (C=O) groups is 1. The average Bonchev–Trinajstić information content (AvgIpc) is 2.39. The van der Waals surface area contributed by atoms with Crippen LogP contribution in [0.3, 0.4) is 0 Å². The summed E-state index contributed by atoms with van der Waals surface area (Å²) < 4.78 is 0. The number of halogens is 1. The minimum Gasteiger partial charge on any atom is -0.331 e. The third-order valence-electron chi connectivity index (χ3n) is 1.05. The van der Waals surface area contributed by atoms with Crippen molar-refractivity contribution < 1.29 is 4.79 Å². The first-order valence-corrected chi connectivity index (χ1v) is 3.96. The molecule has 4 nitrogen and oxygen atoms in total. The summed E-state index contributed by atoms with van der Waals surface area (Å²) in [6.07, 6.45) is 1.65. The van der Waals surface area contributed by atoms with E-state index in [2.05, 4.69) is 10.3 Å². The van der Waals surface area contributed by atoms with Crippen LogP contribution < -0.4 is 5.32 Å². The van der Waals surface area contributed by atoms with E-state index in [0.717, 1.165) is 0 Å². The highest BCUT2D eigenvalue weighted by molar-refractivity contribution is 7.13. The van der Waals surface area contributed by atoms with E-state index < -0.39 is 0 Å². The Bertz CT molecular complexity index is 237. The van der Waals surface area contributed by atoms with Gasteiger partial charge in [0.05, 0.1) is 0 Å². The number of aromatic nitrogens is 1. The minimum absolute atomic E-state index is 0. The van der Waals surface area contributed by atoms with E-state index in [-0.39, 0.29) is 18.4 Å². The Morgan fingerprint density at radius 3 is 2.75 bits per heavy atom. The number of hydrogen-bond donors (Lipinski definition) is 1. The maximum atomic E-state index is 11.0. The number of nitrogens with one attached hydrogen (secondary N) is 1. The number of carbonyl (C=O) groups excluding carboxylic acids is 1. The van der Waals surface area contributed by atoms with Crippen molar-refractivity contribution in [1.29, 1.82) is 0 Å². The molecule has 1 rings (SSSR count). The first-order chi connectivity index (χ1) is 5.20. The van der Waals surface area contributed by atoms with E-state index in [1.165, 1.54) is 16.2 Å². The van der Waals surface area contributed by atoms with E-state index in [0.29, 0.717) is 5.13 Å². The summed E-state index contributed by atoms with van der Waals surface area (Å²) in [6, 6.07) is -0.153. The zero-order valence-corrected chi connectivity index (χ0v) is 8.41. The summed E-state index contributed by atoms with van der Waals surface area (Å²) in [5.74, 6) is 0. The van der Waals surface area contributed by atoms with E-state index in [9.17, 15) is 4.79 Å². The van der Waals surface area contributed by atoms with Crippen LogP contribution >= 0.6 is 23.7 Å². The fraction of sp³-hybridized carbons (Fsp3) is 0.333. The Hall–Kier alpha value is -0.810. The quantitative estimate of drug-likeness (QED) is 0.761. The lowest BCUT2D eigenvalue weighted by atomic mass is 10.8. The van der Waals surface area contributed by atoms with Crippen molar-refractivity contribution in [3.05, 3.63) is 11.6 Å². The van der Waals surface area contributed by atoms with Gasteiger partial charge in [0.1, 0.15) is 0 Å². The molecule has 0 aliphatic carbocycles. The molecule has 0 aliphatic heterocycles. The monoisotopic (exact) mass is 207 g/mol. The summed E-state index contributed by atoms with van der Waals surface area (Å²) in [5.41, 5.74) is 0. The van der Waals surface area contributed by atoms with Crippen LogP contribution in [-0.4, -0.2) is 30.0 Å². The van der Waals surface area contributed by atoms with E-state index in [4.69, 9.17) is 0 Å². The highest BCUT2D eigenvalue weighted by Gasteiger charge is 2.03. The van der Waals surface area contributed by atoms with Crippen molar-refractivity contribution in [3.8, 4) is 0 Å². The summed E-state index contributed by atoms with van der Waals surface area (Å²) in [7, 11) is 3.37. The second kappa shape index (κ2) is 4.95. The summed E-state index contributed by atoms with van der Waals surface area (Å²) in [5, 5.41) is 5.05. The lowest BCUT2D eigenvalue weighted by Crippen LogP contribution is -2.27. The van der Waals surface area contributed by atoms with Gasteiger partial charge in [0.2, 0.25) is 0 Å². The Morgan fingerprint density at radius 2 is 2.33 bits per heavy atom. The smallest absolute Gasteiger partial charge is 0.323 e. The number of hydrogen-bond acceptors (Lipinski definition) is 3. The molecule has 0 saturated heterocycles. The molecule has 0 unspecified atom stereocenters. The van der Waals surface area contributed by atoms with Crippen LogP contribution in [0.2, 0.25) is 0 Å².